The highest BCUT2D eigenvalue weighted by Gasteiger charge is 2.38. The second-order valence-corrected chi connectivity index (χ2v) is 3.73. The summed E-state index contributed by atoms with van der Waals surface area (Å²) in [6.45, 7) is 4.08. The summed E-state index contributed by atoms with van der Waals surface area (Å²) in [6, 6.07) is -0.708. The monoisotopic (exact) mass is 204 g/mol. The lowest BCUT2D eigenvalue weighted by atomic mass is 10.1. The fourth-order valence-corrected chi connectivity index (χ4v) is 1.46. The quantitative estimate of drug-likeness (QED) is 0.546. The average molecular weight is 205 g/mol. The summed E-state index contributed by atoms with van der Waals surface area (Å²) in [6.07, 6.45) is 0. The van der Waals surface area contributed by atoms with E-state index in [-0.39, 0.29) is 36.3 Å². The molecule has 0 spiro atoms. The van der Waals surface area contributed by atoms with Crippen molar-refractivity contribution in [2.75, 3.05) is 12.4 Å². The van der Waals surface area contributed by atoms with Crippen LogP contribution in [0.15, 0.2) is 0 Å². The van der Waals surface area contributed by atoms with Crippen LogP contribution in [0, 0.1) is 5.92 Å². The fraction of sp³-hybridized carbons (Fsp3) is 0.750. The Balaban J connectivity index is 2.69. The van der Waals surface area contributed by atoms with Gasteiger partial charge in [0, 0.05) is 12.4 Å². The van der Waals surface area contributed by atoms with Crippen LogP contribution >= 0.6 is 11.6 Å². The Morgan fingerprint density at radius 3 is 2.54 bits per heavy atom. The second kappa shape index (κ2) is 3.96. The van der Waals surface area contributed by atoms with Crippen molar-refractivity contribution in [3.05, 3.63) is 0 Å². The number of halogens is 1. The molecule has 0 bridgehead atoms. The number of carbonyl (C=O) groups excluding carboxylic acids is 2. The maximum atomic E-state index is 11.5. The molecule has 0 aliphatic carbocycles. The summed E-state index contributed by atoms with van der Waals surface area (Å²) in [5, 5.41) is 2.62. The molecule has 0 aromatic rings. The smallest absolute Gasteiger partial charge is 0.324 e. The van der Waals surface area contributed by atoms with E-state index in [1.54, 1.807) is 0 Å². The van der Waals surface area contributed by atoms with Crippen molar-refractivity contribution in [2.24, 2.45) is 5.92 Å². The van der Waals surface area contributed by atoms with Crippen molar-refractivity contribution in [3.63, 3.8) is 0 Å². The number of hydrogen-bond acceptors (Lipinski definition) is 2. The van der Waals surface area contributed by atoms with E-state index in [1.807, 2.05) is 13.8 Å². The number of urea groups is 1. The van der Waals surface area contributed by atoms with Gasteiger partial charge in [0.05, 0.1) is 0 Å². The minimum atomic E-state index is -0.379. The lowest BCUT2D eigenvalue weighted by Gasteiger charge is -2.12. The molecule has 0 saturated carbocycles. The van der Waals surface area contributed by atoms with Gasteiger partial charge in [-0.25, -0.2) is 4.79 Å². The van der Waals surface area contributed by atoms with Crippen LogP contribution in [0.3, 0.4) is 0 Å². The molecule has 1 unspecified atom stereocenters. The first-order valence-electron chi connectivity index (χ1n) is 4.25. The predicted octanol–water partition coefficient (Wildman–Crippen LogP) is 0.802. The minimum Gasteiger partial charge on any atom is -0.326 e. The first-order valence-corrected chi connectivity index (χ1v) is 4.79. The molecule has 1 fully saturated rings. The van der Waals surface area contributed by atoms with Gasteiger partial charge in [-0.15, -0.1) is 11.6 Å². The van der Waals surface area contributed by atoms with Crippen molar-refractivity contribution in [1.29, 1.82) is 0 Å². The zero-order valence-electron chi connectivity index (χ0n) is 7.71. The number of nitrogens with one attached hydrogen (secondary N) is 1. The Morgan fingerprint density at radius 2 is 2.15 bits per heavy atom. The summed E-state index contributed by atoms with van der Waals surface area (Å²) in [4.78, 5) is 23.9. The van der Waals surface area contributed by atoms with Crippen molar-refractivity contribution in [1.82, 2.24) is 10.2 Å². The van der Waals surface area contributed by atoms with Gasteiger partial charge in [-0.2, -0.15) is 0 Å². The largest absolute Gasteiger partial charge is 0.326 e. The Kier molecular flexibility index (Phi) is 3.14. The number of hydrogen-bond donors (Lipinski definition) is 1. The standard InChI is InChI=1S/C8H13ClN2O2/c1-5(2)6-7(12)11(4-3-9)8(13)10-6/h5-6H,3-4H2,1-2H3,(H,10,13). The molecular formula is C8H13ClN2O2. The van der Waals surface area contributed by atoms with Crippen molar-refractivity contribution < 1.29 is 9.59 Å². The van der Waals surface area contributed by atoms with Gasteiger partial charge in [0.1, 0.15) is 6.04 Å². The van der Waals surface area contributed by atoms with Gasteiger partial charge in [-0.3, -0.25) is 9.69 Å². The number of alkyl halides is 1. The number of amides is 3. The second-order valence-electron chi connectivity index (χ2n) is 3.35. The Morgan fingerprint density at radius 1 is 1.54 bits per heavy atom. The molecule has 1 atom stereocenters. The van der Waals surface area contributed by atoms with Gasteiger partial charge < -0.3 is 5.32 Å². The van der Waals surface area contributed by atoms with E-state index < -0.39 is 0 Å². The highest BCUT2D eigenvalue weighted by atomic mass is 35.5. The third-order valence-corrected chi connectivity index (χ3v) is 2.20. The van der Waals surface area contributed by atoms with Crippen molar-refractivity contribution in [3.8, 4) is 0 Å². The molecule has 0 aromatic carbocycles. The van der Waals surface area contributed by atoms with Gasteiger partial charge in [0.15, 0.2) is 0 Å². The van der Waals surface area contributed by atoms with Crippen LogP contribution in [0.4, 0.5) is 4.79 Å². The molecule has 3 amide bonds. The lowest BCUT2D eigenvalue weighted by molar-refractivity contribution is -0.128. The average Bonchev–Trinajstić information content (AvgIpc) is 2.32. The Labute approximate surface area is 82.2 Å². The molecule has 0 radical (unpaired) electrons. The lowest BCUT2D eigenvalue weighted by Crippen LogP contribution is -2.35. The van der Waals surface area contributed by atoms with E-state index in [0.717, 1.165) is 4.90 Å². The number of rotatable bonds is 3. The summed E-state index contributed by atoms with van der Waals surface area (Å²) < 4.78 is 0. The van der Waals surface area contributed by atoms with Crippen LogP contribution in [0.25, 0.3) is 0 Å². The summed E-state index contributed by atoms with van der Waals surface area (Å²) in [7, 11) is 0. The van der Waals surface area contributed by atoms with E-state index in [2.05, 4.69) is 5.32 Å². The summed E-state index contributed by atoms with van der Waals surface area (Å²) in [5.74, 6) is 0.238. The maximum Gasteiger partial charge on any atom is 0.324 e. The zero-order valence-corrected chi connectivity index (χ0v) is 8.47. The van der Waals surface area contributed by atoms with Crippen molar-refractivity contribution in [2.45, 2.75) is 19.9 Å². The van der Waals surface area contributed by atoms with Crippen LogP contribution < -0.4 is 5.32 Å². The molecule has 1 aliphatic heterocycles. The fourth-order valence-electron chi connectivity index (χ4n) is 1.29. The molecule has 1 rings (SSSR count). The summed E-state index contributed by atoms with van der Waals surface area (Å²) >= 11 is 5.47. The molecule has 5 heteroatoms. The van der Waals surface area contributed by atoms with Gasteiger partial charge in [0.25, 0.3) is 5.91 Å². The topological polar surface area (TPSA) is 49.4 Å². The first-order chi connectivity index (χ1) is 6.07. The van der Waals surface area contributed by atoms with E-state index in [9.17, 15) is 9.59 Å². The van der Waals surface area contributed by atoms with Gasteiger partial charge in [0.2, 0.25) is 0 Å². The highest BCUT2D eigenvalue weighted by molar-refractivity contribution is 6.18. The third kappa shape index (κ3) is 1.94. The number of nitrogens with zero attached hydrogens (tertiary/aromatic N) is 1. The summed E-state index contributed by atoms with van der Waals surface area (Å²) in [5.41, 5.74) is 0. The highest BCUT2D eigenvalue weighted by Crippen LogP contribution is 2.13. The number of imide groups is 1. The van der Waals surface area contributed by atoms with Gasteiger partial charge >= 0.3 is 6.03 Å². The predicted molar refractivity (Wildman–Crippen MR) is 49.6 cm³/mol. The SMILES string of the molecule is CC(C)C1NC(=O)N(CCCl)C1=O. The molecule has 1 saturated heterocycles. The van der Waals surface area contributed by atoms with Gasteiger partial charge in [-0.1, -0.05) is 13.8 Å². The normalized spacial score (nSPS) is 22.8. The van der Waals surface area contributed by atoms with Crippen LogP contribution in [0.5, 0.6) is 0 Å². The molecule has 1 N–H and O–H groups in total. The molecule has 4 nitrogen and oxygen atoms in total. The molecular weight excluding hydrogens is 192 g/mol. The van der Waals surface area contributed by atoms with Crippen molar-refractivity contribution >= 4 is 23.5 Å². The van der Waals surface area contributed by atoms with Crippen LogP contribution in [-0.4, -0.2) is 35.3 Å². The third-order valence-electron chi connectivity index (χ3n) is 2.03. The van der Waals surface area contributed by atoms with Crippen LogP contribution in [0.1, 0.15) is 13.8 Å². The molecule has 74 valence electrons. The molecule has 13 heavy (non-hydrogen) atoms. The molecule has 0 aromatic heterocycles. The maximum absolute atomic E-state index is 11.5. The van der Waals surface area contributed by atoms with E-state index >= 15 is 0 Å². The molecule has 1 heterocycles. The molecule has 1 aliphatic rings. The van der Waals surface area contributed by atoms with E-state index in [1.165, 1.54) is 0 Å². The first kappa shape index (κ1) is 10.3. The Hall–Kier alpha value is -0.770. The van der Waals surface area contributed by atoms with E-state index in [4.69, 9.17) is 11.6 Å². The van der Waals surface area contributed by atoms with Gasteiger partial charge in [-0.05, 0) is 5.92 Å². The zero-order chi connectivity index (χ0) is 10.0. The number of carbonyl (C=O) groups is 2. The van der Waals surface area contributed by atoms with Crippen LogP contribution in [-0.2, 0) is 4.79 Å². The van der Waals surface area contributed by atoms with E-state index in [0.29, 0.717) is 0 Å². The minimum absolute atomic E-state index is 0.122. The Bertz CT molecular complexity index is 230. The van der Waals surface area contributed by atoms with Crippen LogP contribution in [0.2, 0.25) is 0 Å².